The molecule has 1 aliphatic rings. The lowest BCUT2D eigenvalue weighted by Crippen LogP contribution is -2.48. The van der Waals surface area contributed by atoms with Crippen molar-refractivity contribution in [1.82, 2.24) is 29.9 Å². The van der Waals surface area contributed by atoms with Gasteiger partial charge >= 0.3 is 6.36 Å². The zero-order valence-electron chi connectivity index (χ0n) is 19.2. The van der Waals surface area contributed by atoms with Crippen LogP contribution >= 0.6 is 0 Å². The summed E-state index contributed by atoms with van der Waals surface area (Å²) in [5, 5.41) is 21.8. The van der Waals surface area contributed by atoms with Crippen molar-refractivity contribution in [2.45, 2.75) is 18.7 Å². The van der Waals surface area contributed by atoms with Gasteiger partial charge in [-0.1, -0.05) is 6.58 Å². The van der Waals surface area contributed by atoms with Crippen LogP contribution in [0.3, 0.4) is 0 Å². The Morgan fingerprint density at radius 3 is 2.57 bits per heavy atom. The van der Waals surface area contributed by atoms with Crippen LogP contribution in [-0.4, -0.2) is 66.9 Å². The number of hydrogen-bond acceptors (Lipinski definition) is 6. The number of benzene rings is 1. The number of carbonyl (C=O) groups excluding carboxylic acids is 1. The zero-order valence-corrected chi connectivity index (χ0v) is 19.2. The maximum atomic E-state index is 13.3. The number of amides is 1. The third-order valence-electron chi connectivity index (χ3n) is 6.07. The minimum atomic E-state index is -4.82. The quantitative estimate of drug-likeness (QED) is 0.287. The number of pyridine rings is 1. The van der Waals surface area contributed by atoms with E-state index in [2.05, 4.69) is 26.5 Å². The Labute approximate surface area is 207 Å². The molecule has 0 bridgehead atoms. The van der Waals surface area contributed by atoms with Gasteiger partial charge in [-0.3, -0.25) is 9.89 Å². The van der Waals surface area contributed by atoms with E-state index >= 15 is 0 Å². The number of aromatic nitrogens is 5. The molecule has 1 aromatic carbocycles. The lowest BCUT2D eigenvalue weighted by Gasteiger charge is -2.38. The zero-order chi connectivity index (χ0) is 26.3. The average Bonchev–Trinajstić information content (AvgIpc) is 3.43. The fourth-order valence-corrected chi connectivity index (χ4v) is 4.38. The van der Waals surface area contributed by atoms with Crippen LogP contribution in [0, 0.1) is 0 Å². The highest BCUT2D eigenvalue weighted by Gasteiger charge is 2.37. The summed E-state index contributed by atoms with van der Waals surface area (Å²) < 4.78 is 56.6. The predicted molar refractivity (Wildman–Crippen MR) is 123 cm³/mol. The number of nitrogens with one attached hydrogen (secondary N) is 1. The third-order valence-corrected chi connectivity index (χ3v) is 6.07. The summed E-state index contributed by atoms with van der Waals surface area (Å²) in [5.41, 5.74) is 3.58. The molecule has 9 nitrogen and oxygen atoms in total. The van der Waals surface area contributed by atoms with Gasteiger partial charge in [-0.05, 0) is 35.9 Å². The first-order valence-corrected chi connectivity index (χ1v) is 11.2. The number of alkyl halides is 3. The Morgan fingerprint density at radius 2 is 1.92 bits per heavy atom. The maximum Gasteiger partial charge on any atom is 0.573 e. The molecule has 0 saturated carbocycles. The third kappa shape index (κ3) is 4.65. The van der Waals surface area contributed by atoms with Gasteiger partial charge in [0, 0.05) is 49.5 Å². The Bertz CT molecular complexity index is 1470. The number of nitrogens with zero attached hydrogens (tertiary/aromatic N) is 5. The number of fused-ring (bicyclic) bond motifs is 1. The highest BCUT2D eigenvalue weighted by Crippen LogP contribution is 2.39. The van der Waals surface area contributed by atoms with E-state index in [0.29, 0.717) is 34.5 Å². The second-order valence-electron chi connectivity index (χ2n) is 8.44. The van der Waals surface area contributed by atoms with E-state index in [1.165, 1.54) is 33.8 Å². The molecule has 4 heterocycles. The van der Waals surface area contributed by atoms with E-state index in [1.807, 2.05) is 0 Å². The first-order valence-electron chi connectivity index (χ1n) is 11.2. The van der Waals surface area contributed by atoms with Crippen molar-refractivity contribution in [1.29, 1.82) is 0 Å². The lowest BCUT2D eigenvalue weighted by atomic mass is 9.91. The number of carbonyl (C=O) groups is 1. The SMILES string of the molecule is C=C(F)C(=O)N1CC(c2nn(-c3ccc(OC(F)(F)F)cc3)c3nccc(-c4cn[nH]c4CCO)c23)C1. The smallest absolute Gasteiger partial charge is 0.406 e. The summed E-state index contributed by atoms with van der Waals surface area (Å²) in [4.78, 5) is 17.8. The molecular formula is C24H20F4N6O3. The number of halogens is 4. The second kappa shape index (κ2) is 9.32. The van der Waals surface area contributed by atoms with Crippen molar-refractivity contribution in [2.75, 3.05) is 19.7 Å². The van der Waals surface area contributed by atoms with Gasteiger partial charge in [-0.15, -0.1) is 13.2 Å². The van der Waals surface area contributed by atoms with E-state index in [0.717, 1.165) is 11.1 Å². The van der Waals surface area contributed by atoms with Crippen LogP contribution in [0.5, 0.6) is 5.75 Å². The van der Waals surface area contributed by atoms with Crippen molar-refractivity contribution in [3.63, 3.8) is 0 Å². The van der Waals surface area contributed by atoms with Crippen LogP contribution in [0.2, 0.25) is 0 Å². The minimum Gasteiger partial charge on any atom is -0.406 e. The molecule has 0 unspecified atom stereocenters. The molecule has 0 radical (unpaired) electrons. The van der Waals surface area contributed by atoms with Gasteiger partial charge < -0.3 is 14.7 Å². The molecule has 1 aliphatic heterocycles. The number of rotatable bonds is 7. The molecule has 0 atom stereocenters. The van der Waals surface area contributed by atoms with Crippen LogP contribution in [-0.2, 0) is 11.2 Å². The minimum absolute atomic E-state index is 0.102. The van der Waals surface area contributed by atoms with Gasteiger partial charge in [-0.2, -0.15) is 10.2 Å². The van der Waals surface area contributed by atoms with E-state index in [-0.39, 0.29) is 31.4 Å². The standard InChI is InChI=1S/C24H20F4N6O3/c1-13(25)23(36)33-11-14(12-33)21-20-17(18-10-30-31-19(18)7-9-35)6-8-29-22(20)34(32-21)15-2-4-16(5-3-15)37-24(26,27)28/h2-6,8,10,14,35H,1,7,9,11-12H2,(H,30,31). The van der Waals surface area contributed by atoms with E-state index < -0.39 is 18.1 Å². The van der Waals surface area contributed by atoms with Gasteiger partial charge in [0.15, 0.2) is 11.5 Å². The normalized spacial score (nSPS) is 14.1. The van der Waals surface area contributed by atoms with Crippen LogP contribution in [0.15, 0.2) is 55.1 Å². The number of aliphatic hydroxyl groups excluding tert-OH is 1. The van der Waals surface area contributed by atoms with Crippen LogP contribution in [0.25, 0.3) is 27.8 Å². The summed E-state index contributed by atoms with van der Waals surface area (Å²) >= 11 is 0. The highest BCUT2D eigenvalue weighted by molar-refractivity contribution is 5.97. The Hall–Kier alpha value is -4.26. The number of aliphatic hydroxyl groups is 1. The first-order chi connectivity index (χ1) is 17.7. The van der Waals surface area contributed by atoms with E-state index in [1.54, 1.807) is 18.5 Å². The second-order valence-corrected chi connectivity index (χ2v) is 8.44. The summed E-state index contributed by atoms with van der Waals surface area (Å²) in [6.07, 6.45) is -1.31. The van der Waals surface area contributed by atoms with Crippen molar-refractivity contribution in [3.05, 3.63) is 66.5 Å². The van der Waals surface area contributed by atoms with Crippen LogP contribution < -0.4 is 4.74 Å². The largest absolute Gasteiger partial charge is 0.573 e. The number of H-pyrrole nitrogens is 1. The summed E-state index contributed by atoms with van der Waals surface area (Å²) in [6, 6.07) is 6.96. The molecule has 1 amide bonds. The number of hydrogen-bond donors (Lipinski definition) is 2. The molecule has 192 valence electrons. The van der Waals surface area contributed by atoms with Crippen LogP contribution in [0.4, 0.5) is 17.6 Å². The molecule has 37 heavy (non-hydrogen) atoms. The topological polar surface area (TPSA) is 109 Å². The summed E-state index contributed by atoms with van der Waals surface area (Å²) in [6.45, 7) is 3.36. The molecule has 0 spiro atoms. The van der Waals surface area contributed by atoms with Gasteiger partial charge in [0.1, 0.15) is 5.75 Å². The molecule has 5 rings (SSSR count). The van der Waals surface area contributed by atoms with Gasteiger partial charge in [-0.25, -0.2) is 14.1 Å². The molecule has 2 N–H and O–H groups in total. The number of ether oxygens (including phenoxy) is 1. The monoisotopic (exact) mass is 516 g/mol. The molecule has 4 aromatic rings. The number of likely N-dealkylation sites (tertiary alicyclic amines) is 1. The van der Waals surface area contributed by atoms with Crippen molar-refractivity contribution < 1.29 is 32.2 Å². The van der Waals surface area contributed by atoms with Gasteiger partial charge in [0.2, 0.25) is 0 Å². The average molecular weight is 516 g/mol. The number of aromatic amines is 1. The summed E-state index contributed by atoms with van der Waals surface area (Å²) in [7, 11) is 0. The summed E-state index contributed by atoms with van der Waals surface area (Å²) in [5.74, 6) is -2.48. The van der Waals surface area contributed by atoms with Crippen LogP contribution in [0.1, 0.15) is 17.3 Å². The maximum absolute atomic E-state index is 13.3. The molecule has 1 fully saturated rings. The van der Waals surface area contributed by atoms with E-state index in [9.17, 15) is 27.5 Å². The molecule has 0 aliphatic carbocycles. The first kappa shape index (κ1) is 24.4. The molecular weight excluding hydrogens is 496 g/mol. The Kier molecular flexibility index (Phi) is 6.15. The highest BCUT2D eigenvalue weighted by atomic mass is 19.4. The Morgan fingerprint density at radius 1 is 1.19 bits per heavy atom. The fourth-order valence-electron chi connectivity index (χ4n) is 4.38. The fraction of sp³-hybridized carbons (Fsp3) is 0.250. The molecule has 3 aromatic heterocycles. The predicted octanol–water partition coefficient (Wildman–Crippen LogP) is 3.65. The van der Waals surface area contributed by atoms with Crippen molar-refractivity contribution in [3.8, 4) is 22.6 Å². The van der Waals surface area contributed by atoms with Crippen molar-refractivity contribution >= 4 is 16.9 Å². The van der Waals surface area contributed by atoms with Gasteiger partial charge in [0.05, 0.1) is 23.0 Å². The van der Waals surface area contributed by atoms with E-state index in [4.69, 9.17) is 5.10 Å². The van der Waals surface area contributed by atoms with Crippen molar-refractivity contribution in [2.24, 2.45) is 0 Å². The molecule has 1 saturated heterocycles. The molecule has 13 heteroatoms. The van der Waals surface area contributed by atoms with Gasteiger partial charge in [0.25, 0.3) is 5.91 Å². The Balaban J connectivity index is 1.61. The lowest BCUT2D eigenvalue weighted by molar-refractivity contribution is -0.274.